The molecule has 2 N–H and O–H groups in total. The Labute approximate surface area is 114 Å². The van der Waals surface area contributed by atoms with Crippen LogP contribution in [0.15, 0.2) is 24.3 Å². The second-order valence-electron chi connectivity index (χ2n) is 4.89. The van der Waals surface area contributed by atoms with Gasteiger partial charge in [-0.25, -0.2) is 0 Å². The summed E-state index contributed by atoms with van der Waals surface area (Å²) in [7, 11) is 0. The van der Waals surface area contributed by atoms with Crippen molar-refractivity contribution in [2.45, 2.75) is 38.8 Å². The van der Waals surface area contributed by atoms with Gasteiger partial charge in [0.2, 0.25) is 0 Å². The zero-order chi connectivity index (χ0) is 13.7. The van der Waals surface area contributed by atoms with Crippen LogP contribution in [0.5, 0.6) is 5.75 Å². The van der Waals surface area contributed by atoms with Crippen molar-refractivity contribution in [1.82, 2.24) is 10.6 Å². The molecule has 0 spiro atoms. The zero-order valence-electron chi connectivity index (χ0n) is 11.6. The number of benzene rings is 1. The lowest BCUT2D eigenvalue weighted by Gasteiger charge is -2.30. The number of piperidine rings is 1. The molecular formula is C15H22N2O2. The van der Waals surface area contributed by atoms with Gasteiger partial charge in [0.15, 0.2) is 0 Å². The number of carbonyl (C=O) groups excluding carboxylic acids is 1. The Balaban J connectivity index is 2.06. The highest BCUT2D eigenvalue weighted by atomic mass is 16.5. The summed E-state index contributed by atoms with van der Waals surface area (Å²) in [4.78, 5) is 12.3. The lowest BCUT2D eigenvalue weighted by molar-refractivity contribution is 0.0916. The molecule has 1 saturated heterocycles. The Morgan fingerprint density at radius 2 is 2.26 bits per heavy atom. The highest BCUT2D eigenvalue weighted by Crippen LogP contribution is 2.18. The molecule has 1 aliphatic heterocycles. The first-order valence-corrected chi connectivity index (χ1v) is 6.98. The van der Waals surface area contributed by atoms with Gasteiger partial charge in [0.05, 0.1) is 12.2 Å². The molecule has 4 heteroatoms. The van der Waals surface area contributed by atoms with Gasteiger partial charge in [0, 0.05) is 12.1 Å². The maximum Gasteiger partial charge on any atom is 0.255 e. The number of ether oxygens (including phenoxy) is 1. The molecule has 104 valence electrons. The van der Waals surface area contributed by atoms with Gasteiger partial charge in [-0.3, -0.25) is 4.79 Å². The predicted octanol–water partition coefficient (Wildman–Crippen LogP) is 1.96. The van der Waals surface area contributed by atoms with Crippen LogP contribution in [0.4, 0.5) is 0 Å². The van der Waals surface area contributed by atoms with E-state index in [9.17, 15) is 4.79 Å². The molecule has 1 heterocycles. The highest BCUT2D eigenvalue weighted by Gasteiger charge is 2.23. The molecule has 0 radical (unpaired) electrons. The Morgan fingerprint density at radius 3 is 3.00 bits per heavy atom. The molecule has 1 aromatic carbocycles. The lowest BCUT2D eigenvalue weighted by atomic mass is 9.99. The van der Waals surface area contributed by atoms with Crippen molar-refractivity contribution < 1.29 is 9.53 Å². The minimum atomic E-state index is -0.0513. The first kappa shape index (κ1) is 13.9. The molecule has 1 fully saturated rings. The fourth-order valence-electron chi connectivity index (χ4n) is 2.42. The normalized spacial score (nSPS) is 22.8. The fraction of sp³-hybridized carbons (Fsp3) is 0.533. The van der Waals surface area contributed by atoms with E-state index < -0.39 is 0 Å². The maximum absolute atomic E-state index is 12.3. The molecule has 2 rings (SSSR count). The van der Waals surface area contributed by atoms with Crippen LogP contribution >= 0.6 is 0 Å². The van der Waals surface area contributed by atoms with Crippen molar-refractivity contribution in [3.8, 4) is 5.75 Å². The van der Waals surface area contributed by atoms with Crippen molar-refractivity contribution in [3.63, 3.8) is 0 Å². The molecule has 1 aliphatic rings. The van der Waals surface area contributed by atoms with Gasteiger partial charge in [0.25, 0.3) is 5.91 Å². The van der Waals surface area contributed by atoms with Crippen LogP contribution in [-0.2, 0) is 0 Å². The number of hydrogen-bond donors (Lipinski definition) is 2. The minimum Gasteiger partial charge on any atom is -0.493 e. The van der Waals surface area contributed by atoms with Crippen LogP contribution in [0.2, 0.25) is 0 Å². The van der Waals surface area contributed by atoms with Crippen LogP contribution < -0.4 is 15.4 Å². The van der Waals surface area contributed by atoms with Crippen molar-refractivity contribution in [1.29, 1.82) is 0 Å². The van der Waals surface area contributed by atoms with E-state index in [0.29, 0.717) is 24.0 Å². The lowest BCUT2D eigenvalue weighted by Crippen LogP contribution is -2.51. The molecular weight excluding hydrogens is 240 g/mol. The predicted molar refractivity (Wildman–Crippen MR) is 75.6 cm³/mol. The van der Waals surface area contributed by atoms with Crippen LogP contribution in [0.25, 0.3) is 0 Å². The second kappa shape index (κ2) is 6.57. The first-order valence-electron chi connectivity index (χ1n) is 6.98. The molecule has 19 heavy (non-hydrogen) atoms. The van der Waals surface area contributed by atoms with E-state index in [4.69, 9.17) is 4.74 Å². The molecule has 0 saturated carbocycles. The van der Waals surface area contributed by atoms with E-state index in [2.05, 4.69) is 17.6 Å². The summed E-state index contributed by atoms with van der Waals surface area (Å²) in [5.74, 6) is 0.600. The van der Waals surface area contributed by atoms with Gasteiger partial charge in [-0.1, -0.05) is 12.1 Å². The molecule has 4 nitrogen and oxygen atoms in total. The number of nitrogens with one attached hydrogen (secondary N) is 2. The third-order valence-electron chi connectivity index (χ3n) is 3.51. The molecule has 1 amide bonds. The average molecular weight is 262 g/mol. The minimum absolute atomic E-state index is 0.0513. The Bertz CT molecular complexity index is 434. The van der Waals surface area contributed by atoms with E-state index in [1.165, 1.54) is 0 Å². The van der Waals surface area contributed by atoms with Gasteiger partial charge in [-0.2, -0.15) is 0 Å². The molecule has 2 atom stereocenters. The highest BCUT2D eigenvalue weighted by molar-refractivity contribution is 5.97. The van der Waals surface area contributed by atoms with Crippen molar-refractivity contribution >= 4 is 5.91 Å². The first-order chi connectivity index (χ1) is 9.22. The Hall–Kier alpha value is -1.55. The van der Waals surface area contributed by atoms with Crippen LogP contribution in [0.3, 0.4) is 0 Å². The summed E-state index contributed by atoms with van der Waals surface area (Å²) in [6, 6.07) is 7.89. The van der Waals surface area contributed by atoms with Crippen molar-refractivity contribution in [3.05, 3.63) is 29.8 Å². The van der Waals surface area contributed by atoms with Gasteiger partial charge in [0.1, 0.15) is 5.75 Å². The topological polar surface area (TPSA) is 50.4 Å². The SMILES string of the molecule is CCOc1ccccc1C(=O)N[C@@H]1CCCN[C@H]1C. The van der Waals surface area contributed by atoms with Crippen LogP contribution in [0.1, 0.15) is 37.0 Å². The second-order valence-corrected chi connectivity index (χ2v) is 4.89. The van der Waals surface area contributed by atoms with Gasteiger partial charge in [-0.05, 0) is 45.4 Å². The number of amides is 1. The van der Waals surface area contributed by atoms with E-state index in [0.717, 1.165) is 19.4 Å². The maximum atomic E-state index is 12.3. The van der Waals surface area contributed by atoms with Gasteiger partial charge >= 0.3 is 0 Å². The van der Waals surface area contributed by atoms with Crippen LogP contribution in [-0.4, -0.2) is 31.1 Å². The summed E-state index contributed by atoms with van der Waals surface area (Å²) in [5.41, 5.74) is 0.613. The summed E-state index contributed by atoms with van der Waals surface area (Å²) in [6.45, 7) is 5.62. The smallest absolute Gasteiger partial charge is 0.255 e. The number of hydrogen-bond acceptors (Lipinski definition) is 3. The largest absolute Gasteiger partial charge is 0.493 e. The van der Waals surface area contributed by atoms with Crippen LogP contribution in [0, 0.1) is 0 Å². The summed E-state index contributed by atoms with van der Waals surface area (Å²) < 4.78 is 5.50. The van der Waals surface area contributed by atoms with Gasteiger partial charge < -0.3 is 15.4 Å². The van der Waals surface area contributed by atoms with E-state index >= 15 is 0 Å². The van der Waals surface area contributed by atoms with E-state index in [1.807, 2.05) is 25.1 Å². The molecule has 1 aromatic rings. The van der Waals surface area contributed by atoms with Gasteiger partial charge in [-0.15, -0.1) is 0 Å². The third-order valence-corrected chi connectivity index (χ3v) is 3.51. The monoisotopic (exact) mass is 262 g/mol. The number of rotatable bonds is 4. The summed E-state index contributed by atoms with van der Waals surface area (Å²) in [5, 5.41) is 6.48. The molecule has 0 unspecified atom stereocenters. The van der Waals surface area contributed by atoms with E-state index in [-0.39, 0.29) is 11.9 Å². The zero-order valence-corrected chi connectivity index (χ0v) is 11.6. The molecule has 0 bridgehead atoms. The standard InChI is InChI=1S/C15H22N2O2/c1-3-19-14-9-5-4-7-12(14)15(18)17-13-8-6-10-16-11(13)2/h4-5,7,9,11,13,16H,3,6,8,10H2,1-2H3,(H,17,18)/t11-,13+/m0/s1. The Kier molecular flexibility index (Phi) is 4.80. The van der Waals surface area contributed by atoms with Crippen molar-refractivity contribution in [2.24, 2.45) is 0 Å². The number of carbonyl (C=O) groups is 1. The Morgan fingerprint density at radius 1 is 1.47 bits per heavy atom. The van der Waals surface area contributed by atoms with Crippen molar-refractivity contribution in [2.75, 3.05) is 13.2 Å². The summed E-state index contributed by atoms with van der Waals surface area (Å²) in [6.07, 6.45) is 2.12. The molecule has 0 aromatic heterocycles. The quantitative estimate of drug-likeness (QED) is 0.872. The molecule has 0 aliphatic carbocycles. The fourth-order valence-corrected chi connectivity index (χ4v) is 2.42. The average Bonchev–Trinajstić information content (AvgIpc) is 2.42. The van der Waals surface area contributed by atoms with E-state index in [1.54, 1.807) is 6.07 Å². The number of para-hydroxylation sites is 1. The summed E-state index contributed by atoms with van der Waals surface area (Å²) >= 11 is 0. The third kappa shape index (κ3) is 3.47.